The largest absolute Gasteiger partial charge is 0.416 e. The van der Waals surface area contributed by atoms with Gasteiger partial charge in [0, 0.05) is 23.1 Å². The lowest BCUT2D eigenvalue weighted by atomic mass is 10.3. The highest BCUT2D eigenvalue weighted by atomic mass is 79.9. The molecule has 21 heavy (non-hydrogen) atoms. The summed E-state index contributed by atoms with van der Waals surface area (Å²) in [7, 11) is 0. The van der Waals surface area contributed by atoms with Crippen molar-refractivity contribution in [3.05, 3.63) is 61.0 Å². The highest BCUT2D eigenvalue weighted by Gasteiger charge is 2.17. The van der Waals surface area contributed by atoms with Gasteiger partial charge >= 0.3 is 11.7 Å². The van der Waals surface area contributed by atoms with E-state index in [1.165, 1.54) is 17.4 Å². The van der Waals surface area contributed by atoms with E-state index >= 15 is 0 Å². The highest BCUT2D eigenvalue weighted by Crippen LogP contribution is 2.28. The Morgan fingerprint density at radius 3 is 2.76 bits per heavy atom. The number of carbonyl (C=O) groups excluding carboxylic acids is 1. The number of nitro groups is 1. The van der Waals surface area contributed by atoms with Crippen molar-refractivity contribution in [3.8, 4) is 5.75 Å². The maximum atomic E-state index is 13.1. The van der Waals surface area contributed by atoms with E-state index in [9.17, 15) is 19.3 Å². The van der Waals surface area contributed by atoms with Crippen LogP contribution in [-0.2, 0) is 4.79 Å². The van der Waals surface area contributed by atoms with E-state index in [2.05, 4.69) is 15.9 Å². The quantitative estimate of drug-likeness (QED) is 0.266. The summed E-state index contributed by atoms with van der Waals surface area (Å²) < 4.78 is 18.8. The van der Waals surface area contributed by atoms with Crippen LogP contribution >= 0.6 is 27.3 Å². The summed E-state index contributed by atoms with van der Waals surface area (Å²) >= 11 is 4.68. The van der Waals surface area contributed by atoms with Crippen molar-refractivity contribution in [3.63, 3.8) is 0 Å². The number of halogens is 2. The maximum Gasteiger partial charge on any atom is 0.336 e. The van der Waals surface area contributed by atoms with E-state index in [1.807, 2.05) is 6.07 Å². The average Bonchev–Trinajstić information content (AvgIpc) is 2.82. The lowest BCUT2D eigenvalue weighted by Gasteiger charge is -2.02. The molecule has 0 spiro atoms. The monoisotopic (exact) mass is 371 g/mol. The zero-order chi connectivity index (χ0) is 15.4. The molecule has 0 radical (unpaired) electrons. The molecule has 0 saturated heterocycles. The molecular weight excluding hydrogens is 365 g/mol. The molecule has 0 saturated carbocycles. The molecule has 2 aromatic rings. The fraction of sp³-hybridized carbons (Fsp3) is 0. The molecule has 108 valence electrons. The maximum absolute atomic E-state index is 13.1. The van der Waals surface area contributed by atoms with Crippen molar-refractivity contribution in [2.75, 3.05) is 0 Å². The van der Waals surface area contributed by atoms with Crippen LogP contribution in [0.2, 0.25) is 0 Å². The number of hydrogen-bond donors (Lipinski definition) is 0. The van der Waals surface area contributed by atoms with Crippen LogP contribution in [0.3, 0.4) is 0 Å². The van der Waals surface area contributed by atoms with E-state index < -0.39 is 28.1 Å². The number of carbonyl (C=O) groups is 1. The molecular formula is C13H7BrFNO4S. The number of esters is 1. The Kier molecular flexibility index (Phi) is 4.81. The normalized spacial score (nSPS) is 10.8. The Morgan fingerprint density at radius 2 is 2.14 bits per heavy atom. The van der Waals surface area contributed by atoms with Crippen molar-refractivity contribution in [2.24, 2.45) is 0 Å². The Balaban J connectivity index is 2.14. The zero-order valence-corrected chi connectivity index (χ0v) is 12.7. The molecule has 1 aromatic carbocycles. The van der Waals surface area contributed by atoms with Gasteiger partial charge in [0.25, 0.3) is 0 Å². The minimum absolute atomic E-state index is 0.429. The molecule has 0 bridgehead atoms. The van der Waals surface area contributed by atoms with Crippen LogP contribution in [0, 0.1) is 15.9 Å². The summed E-state index contributed by atoms with van der Waals surface area (Å²) in [6.07, 6.45) is 2.62. The molecule has 0 aliphatic rings. The SMILES string of the molecule is O=C(/C=C/c1ccc(Br)s1)Oc1cc(F)ccc1[N+](=O)[O-]. The van der Waals surface area contributed by atoms with E-state index in [0.717, 1.165) is 32.9 Å². The van der Waals surface area contributed by atoms with Gasteiger partial charge < -0.3 is 4.74 Å². The molecule has 8 heteroatoms. The number of nitrogens with zero attached hydrogens (tertiary/aromatic N) is 1. The van der Waals surface area contributed by atoms with Gasteiger partial charge in [-0.25, -0.2) is 9.18 Å². The lowest BCUT2D eigenvalue weighted by molar-refractivity contribution is -0.385. The van der Waals surface area contributed by atoms with E-state index in [4.69, 9.17) is 4.74 Å². The Bertz CT molecular complexity index is 729. The van der Waals surface area contributed by atoms with E-state index in [0.29, 0.717) is 0 Å². The third kappa shape index (κ3) is 4.20. The van der Waals surface area contributed by atoms with Gasteiger partial charge in [-0.2, -0.15) is 0 Å². The van der Waals surface area contributed by atoms with E-state index in [-0.39, 0.29) is 0 Å². The first kappa shape index (κ1) is 15.3. The summed E-state index contributed by atoms with van der Waals surface area (Å²) in [4.78, 5) is 22.4. The van der Waals surface area contributed by atoms with Crippen LogP contribution in [0.15, 0.2) is 40.2 Å². The van der Waals surface area contributed by atoms with Gasteiger partial charge in [-0.15, -0.1) is 11.3 Å². The third-order valence-electron chi connectivity index (χ3n) is 2.31. The third-order valence-corrected chi connectivity index (χ3v) is 3.90. The number of hydrogen-bond acceptors (Lipinski definition) is 5. The smallest absolute Gasteiger partial charge is 0.336 e. The summed E-state index contributed by atoms with van der Waals surface area (Å²) in [5, 5.41) is 10.8. The molecule has 0 atom stereocenters. The first-order valence-electron chi connectivity index (χ1n) is 5.55. The van der Waals surface area contributed by atoms with Crippen LogP contribution in [0.1, 0.15) is 4.88 Å². The Labute approximate surface area is 130 Å². The number of benzene rings is 1. The summed E-state index contributed by atoms with van der Waals surface area (Å²) in [5.41, 5.74) is -0.475. The van der Waals surface area contributed by atoms with Gasteiger partial charge in [0.15, 0.2) is 0 Å². The second-order valence-electron chi connectivity index (χ2n) is 3.77. The first-order valence-corrected chi connectivity index (χ1v) is 7.16. The molecule has 0 amide bonds. The Morgan fingerprint density at radius 1 is 1.38 bits per heavy atom. The fourth-order valence-corrected chi connectivity index (χ4v) is 2.76. The summed E-state index contributed by atoms with van der Waals surface area (Å²) in [5.74, 6) is -1.98. The minimum Gasteiger partial charge on any atom is -0.416 e. The van der Waals surface area contributed by atoms with Crippen molar-refractivity contribution < 1.29 is 18.8 Å². The van der Waals surface area contributed by atoms with Gasteiger partial charge in [0.2, 0.25) is 5.75 Å². The molecule has 0 aliphatic carbocycles. The predicted octanol–water partition coefficient (Wildman–Crippen LogP) is 4.18. The number of ether oxygens (including phenoxy) is 1. The number of rotatable bonds is 4. The topological polar surface area (TPSA) is 69.4 Å². The van der Waals surface area contributed by atoms with Crippen LogP contribution in [0.4, 0.5) is 10.1 Å². The number of thiophene rings is 1. The molecule has 1 heterocycles. The molecule has 2 rings (SSSR count). The first-order chi connectivity index (χ1) is 9.95. The van der Waals surface area contributed by atoms with Crippen LogP contribution in [0.25, 0.3) is 6.08 Å². The van der Waals surface area contributed by atoms with Crippen LogP contribution in [-0.4, -0.2) is 10.9 Å². The summed E-state index contributed by atoms with van der Waals surface area (Å²) in [6, 6.07) is 6.26. The van der Waals surface area contributed by atoms with Crippen LogP contribution in [0.5, 0.6) is 5.75 Å². The van der Waals surface area contributed by atoms with Crippen molar-refractivity contribution in [1.29, 1.82) is 0 Å². The van der Waals surface area contributed by atoms with Crippen molar-refractivity contribution >= 4 is 45.0 Å². The highest BCUT2D eigenvalue weighted by molar-refractivity contribution is 9.11. The molecule has 0 unspecified atom stereocenters. The van der Waals surface area contributed by atoms with E-state index in [1.54, 1.807) is 6.07 Å². The second-order valence-corrected chi connectivity index (χ2v) is 6.26. The van der Waals surface area contributed by atoms with Crippen LogP contribution < -0.4 is 4.74 Å². The zero-order valence-electron chi connectivity index (χ0n) is 10.3. The second kappa shape index (κ2) is 6.59. The average molecular weight is 372 g/mol. The standard InChI is InChI=1S/C13H7BrFNO4S/c14-12-5-2-9(21-12)3-6-13(17)20-11-7-8(15)1-4-10(11)16(18)19/h1-7H/b6-3+. The van der Waals surface area contributed by atoms with Gasteiger partial charge in [0.1, 0.15) is 5.82 Å². The van der Waals surface area contributed by atoms with Gasteiger partial charge in [-0.1, -0.05) is 0 Å². The minimum atomic E-state index is -0.826. The van der Waals surface area contributed by atoms with Crippen molar-refractivity contribution in [1.82, 2.24) is 0 Å². The lowest BCUT2D eigenvalue weighted by Crippen LogP contribution is -2.06. The van der Waals surface area contributed by atoms with Gasteiger partial charge in [0.05, 0.1) is 8.71 Å². The predicted molar refractivity (Wildman–Crippen MR) is 79.7 cm³/mol. The molecule has 0 aliphatic heterocycles. The molecule has 5 nitrogen and oxygen atoms in total. The Hall–Kier alpha value is -2.06. The van der Waals surface area contributed by atoms with Gasteiger partial charge in [-0.3, -0.25) is 10.1 Å². The fourth-order valence-electron chi connectivity index (χ4n) is 1.43. The summed E-state index contributed by atoms with van der Waals surface area (Å²) in [6.45, 7) is 0. The molecule has 1 aromatic heterocycles. The van der Waals surface area contributed by atoms with Crippen molar-refractivity contribution in [2.45, 2.75) is 0 Å². The molecule has 0 N–H and O–H groups in total. The molecule has 0 fully saturated rings. The number of nitro benzene ring substituents is 1. The van der Waals surface area contributed by atoms with Gasteiger partial charge in [-0.05, 0) is 40.2 Å².